The highest BCUT2D eigenvalue weighted by atomic mass is 32.2. The van der Waals surface area contributed by atoms with Crippen molar-refractivity contribution in [3.8, 4) is 5.75 Å². The van der Waals surface area contributed by atoms with Gasteiger partial charge >= 0.3 is 0 Å². The second kappa shape index (κ2) is 9.16. The van der Waals surface area contributed by atoms with Gasteiger partial charge in [-0.15, -0.1) is 0 Å². The number of pyridine rings is 1. The summed E-state index contributed by atoms with van der Waals surface area (Å²) in [4.78, 5) is 29.7. The quantitative estimate of drug-likeness (QED) is 0.586. The average molecular weight is 469 g/mol. The van der Waals surface area contributed by atoms with Gasteiger partial charge in [0.25, 0.3) is 5.91 Å². The first kappa shape index (κ1) is 22.7. The molecular weight excluding hydrogens is 444 g/mol. The third-order valence-electron chi connectivity index (χ3n) is 5.52. The second-order valence-electron chi connectivity index (χ2n) is 7.80. The van der Waals surface area contributed by atoms with E-state index in [4.69, 9.17) is 10.5 Å². The van der Waals surface area contributed by atoms with Crippen LogP contribution >= 0.6 is 0 Å². The normalized spacial score (nSPS) is 14.9. The van der Waals surface area contributed by atoms with Crippen LogP contribution in [0.2, 0.25) is 0 Å². The van der Waals surface area contributed by atoms with Crippen molar-refractivity contribution in [2.45, 2.75) is 11.8 Å². The number of carbonyl (C=O) groups excluding carboxylic acids is 2. The molecule has 0 spiro atoms. The van der Waals surface area contributed by atoms with Crippen LogP contribution in [0.1, 0.15) is 15.9 Å². The molecule has 0 bridgehead atoms. The molecule has 1 aromatic heterocycles. The van der Waals surface area contributed by atoms with Crippen molar-refractivity contribution < 1.29 is 22.7 Å². The first-order valence-electron chi connectivity index (χ1n) is 10.4. The number of piperazine rings is 1. The van der Waals surface area contributed by atoms with Gasteiger partial charge in [0.2, 0.25) is 15.9 Å². The number of ether oxygens (including phenoxy) is 1. The lowest BCUT2D eigenvalue weighted by atomic mass is 10.2. The predicted molar refractivity (Wildman–Crippen MR) is 122 cm³/mol. The van der Waals surface area contributed by atoms with Gasteiger partial charge in [-0.1, -0.05) is 12.1 Å². The summed E-state index contributed by atoms with van der Waals surface area (Å²) < 4.78 is 33.4. The molecule has 0 unspecified atom stereocenters. The van der Waals surface area contributed by atoms with E-state index in [0.717, 1.165) is 10.9 Å². The van der Waals surface area contributed by atoms with E-state index in [1.165, 1.54) is 16.4 Å². The zero-order chi connectivity index (χ0) is 23.6. The van der Waals surface area contributed by atoms with E-state index in [0.29, 0.717) is 16.8 Å². The first-order chi connectivity index (χ1) is 15.8. The first-order valence-corrected chi connectivity index (χ1v) is 11.9. The number of nitrogens with zero attached hydrogens (tertiary/aromatic N) is 3. The summed E-state index contributed by atoms with van der Waals surface area (Å²) in [6.07, 6.45) is 1.65. The molecule has 2 heterocycles. The van der Waals surface area contributed by atoms with Gasteiger partial charge in [0.15, 0.2) is 6.61 Å². The van der Waals surface area contributed by atoms with E-state index >= 15 is 0 Å². The van der Waals surface area contributed by atoms with Crippen molar-refractivity contribution in [3.63, 3.8) is 0 Å². The van der Waals surface area contributed by atoms with Crippen molar-refractivity contribution in [1.82, 2.24) is 14.2 Å². The highest BCUT2D eigenvalue weighted by Gasteiger charge is 2.31. The lowest BCUT2D eigenvalue weighted by Crippen LogP contribution is -2.51. The Kier molecular flexibility index (Phi) is 6.30. The van der Waals surface area contributed by atoms with Gasteiger partial charge in [-0.25, -0.2) is 8.42 Å². The molecule has 0 saturated carbocycles. The number of rotatable bonds is 6. The third-order valence-corrected chi connectivity index (χ3v) is 7.45. The van der Waals surface area contributed by atoms with Crippen molar-refractivity contribution in [3.05, 3.63) is 65.9 Å². The Morgan fingerprint density at radius 2 is 1.76 bits per heavy atom. The smallest absolute Gasteiger partial charge is 0.260 e. The van der Waals surface area contributed by atoms with Crippen molar-refractivity contribution in [2.75, 3.05) is 32.8 Å². The minimum absolute atomic E-state index is 0.169. The molecule has 172 valence electrons. The van der Waals surface area contributed by atoms with Crippen LogP contribution in [-0.4, -0.2) is 67.2 Å². The van der Waals surface area contributed by atoms with E-state index in [9.17, 15) is 18.0 Å². The molecule has 0 radical (unpaired) electrons. The maximum absolute atomic E-state index is 13.3. The monoisotopic (exact) mass is 468 g/mol. The maximum atomic E-state index is 13.3. The molecule has 0 atom stereocenters. The molecule has 2 aromatic carbocycles. The van der Waals surface area contributed by atoms with E-state index in [-0.39, 0.29) is 43.6 Å². The molecule has 3 aromatic rings. The molecular formula is C23H24N4O5S. The van der Waals surface area contributed by atoms with E-state index in [1.807, 2.05) is 19.1 Å². The number of hydrogen-bond acceptors (Lipinski definition) is 6. The standard InChI is InChI=1S/C23H24N4O5S/c1-16-13-18-3-2-4-20(22(18)25-14-16)33(30,31)27-11-9-26(10-12-27)21(28)15-32-19-7-5-17(6-8-19)23(24)29/h2-8,13-14H,9-12,15H2,1H3,(H2,24,29). The minimum Gasteiger partial charge on any atom is -0.484 e. The summed E-state index contributed by atoms with van der Waals surface area (Å²) in [7, 11) is -3.75. The van der Waals surface area contributed by atoms with Crippen LogP contribution in [0.5, 0.6) is 5.75 Å². The third kappa shape index (κ3) is 4.81. The van der Waals surface area contributed by atoms with Gasteiger partial charge in [-0.3, -0.25) is 14.6 Å². The Balaban J connectivity index is 1.38. The number of amides is 2. The fraction of sp³-hybridized carbons (Fsp3) is 0.261. The lowest BCUT2D eigenvalue weighted by molar-refractivity contribution is -0.134. The van der Waals surface area contributed by atoms with E-state index in [1.54, 1.807) is 35.4 Å². The minimum atomic E-state index is -3.75. The molecule has 2 N–H and O–H groups in total. The SMILES string of the molecule is Cc1cnc2c(S(=O)(=O)N3CCN(C(=O)COc4ccc(C(N)=O)cc4)CC3)cccc2c1. The Bertz CT molecular complexity index is 1300. The fourth-order valence-electron chi connectivity index (χ4n) is 3.72. The van der Waals surface area contributed by atoms with Gasteiger partial charge in [0.05, 0.1) is 5.52 Å². The zero-order valence-electron chi connectivity index (χ0n) is 18.1. The second-order valence-corrected chi connectivity index (χ2v) is 9.71. The van der Waals surface area contributed by atoms with Crippen molar-refractivity contribution in [2.24, 2.45) is 5.73 Å². The Hall–Kier alpha value is -3.50. The van der Waals surface area contributed by atoms with Gasteiger partial charge in [0, 0.05) is 43.3 Å². The van der Waals surface area contributed by atoms with Crippen LogP contribution in [0.15, 0.2) is 59.6 Å². The molecule has 2 amide bonds. The molecule has 1 fully saturated rings. The number of para-hydroxylation sites is 1. The van der Waals surface area contributed by atoms with Crippen LogP contribution < -0.4 is 10.5 Å². The van der Waals surface area contributed by atoms with Crippen molar-refractivity contribution in [1.29, 1.82) is 0 Å². The maximum Gasteiger partial charge on any atom is 0.260 e. The Morgan fingerprint density at radius 1 is 1.06 bits per heavy atom. The Morgan fingerprint density at radius 3 is 2.42 bits per heavy atom. The van der Waals surface area contributed by atoms with Gasteiger partial charge in [0.1, 0.15) is 10.6 Å². The van der Waals surface area contributed by atoms with Crippen molar-refractivity contribution >= 4 is 32.7 Å². The predicted octanol–water partition coefficient (Wildman–Crippen LogP) is 1.55. The molecule has 0 aliphatic carbocycles. The lowest BCUT2D eigenvalue weighted by Gasteiger charge is -2.34. The average Bonchev–Trinajstić information content (AvgIpc) is 2.82. The number of aryl methyl sites for hydroxylation is 1. The van der Waals surface area contributed by atoms with Crippen LogP contribution in [0.25, 0.3) is 10.9 Å². The van der Waals surface area contributed by atoms with Crippen LogP contribution in [0.3, 0.4) is 0 Å². The van der Waals surface area contributed by atoms with Crippen LogP contribution in [-0.2, 0) is 14.8 Å². The summed E-state index contributed by atoms with van der Waals surface area (Å²) in [6.45, 7) is 2.62. The number of nitrogens with two attached hydrogens (primary N) is 1. The molecule has 1 saturated heterocycles. The van der Waals surface area contributed by atoms with Gasteiger partial charge in [-0.05, 0) is 48.9 Å². The summed E-state index contributed by atoms with van der Waals surface area (Å²) in [5, 5.41) is 0.769. The van der Waals surface area contributed by atoms with E-state index < -0.39 is 15.9 Å². The number of benzene rings is 2. The highest BCUT2D eigenvalue weighted by Crippen LogP contribution is 2.25. The number of primary amides is 1. The summed E-state index contributed by atoms with van der Waals surface area (Å²) in [5.41, 5.74) is 6.95. The summed E-state index contributed by atoms with van der Waals surface area (Å²) in [5.74, 6) is -0.346. The molecule has 1 aliphatic heterocycles. The Labute approximate surface area is 191 Å². The highest BCUT2D eigenvalue weighted by molar-refractivity contribution is 7.89. The summed E-state index contributed by atoms with van der Waals surface area (Å²) in [6, 6.07) is 13.2. The number of carbonyl (C=O) groups is 2. The van der Waals surface area contributed by atoms with Gasteiger partial charge < -0.3 is 15.4 Å². The number of sulfonamides is 1. The number of aromatic nitrogens is 1. The zero-order valence-corrected chi connectivity index (χ0v) is 18.9. The molecule has 4 rings (SSSR count). The van der Waals surface area contributed by atoms with Crippen LogP contribution in [0, 0.1) is 6.92 Å². The van der Waals surface area contributed by atoms with E-state index in [2.05, 4.69) is 4.98 Å². The fourth-order valence-corrected chi connectivity index (χ4v) is 5.31. The molecule has 10 heteroatoms. The molecule has 9 nitrogen and oxygen atoms in total. The summed E-state index contributed by atoms with van der Waals surface area (Å²) >= 11 is 0. The number of hydrogen-bond donors (Lipinski definition) is 1. The topological polar surface area (TPSA) is 123 Å². The molecule has 1 aliphatic rings. The largest absolute Gasteiger partial charge is 0.484 e. The molecule has 33 heavy (non-hydrogen) atoms. The van der Waals surface area contributed by atoms with Gasteiger partial charge in [-0.2, -0.15) is 4.31 Å². The number of fused-ring (bicyclic) bond motifs is 1. The van der Waals surface area contributed by atoms with Crippen LogP contribution in [0.4, 0.5) is 0 Å².